The number of hydrogen-bond acceptors (Lipinski definition) is 5. The Balaban J connectivity index is 2.41. The van der Waals surface area contributed by atoms with Gasteiger partial charge in [0.2, 0.25) is 5.88 Å². The number of aromatic nitrogens is 3. The van der Waals surface area contributed by atoms with Crippen molar-refractivity contribution in [3.63, 3.8) is 0 Å². The molecular weight excluding hydrogens is 216 g/mol. The van der Waals surface area contributed by atoms with Crippen LogP contribution in [0, 0.1) is 0 Å². The number of anilines is 1. The van der Waals surface area contributed by atoms with Crippen LogP contribution in [0.5, 0.6) is 5.88 Å². The lowest BCUT2D eigenvalue weighted by molar-refractivity contribution is 0.397. The Morgan fingerprint density at radius 1 is 1.24 bits per heavy atom. The van der Waals surface area contributed by atoms with Gasteiger partial charge in [0, 0.05) is 18.9 Å². The Labute approximate surface area is 99.9 Å². The van der Waals surface area contributed by atoms with Gasteiger partial charge in [0.15, 0.2) is 5.69 Å². The Bertz CT molecular complexity index is 501. The molecule has 1 N–H and O–H groups in total. The van der Waals surface area contributed by atoms with Gasteiger partial charge in [0.05, 0.1) is 12.8 Å². The minimum Gasteiger partial charge on any atom is -0.479 e. The lowest BCUT2D eigenvalue weighted by atomic mass is 10.2. The van der Waals surface area contributed by atoms with Crippen LogP contribution in [0.15, 0.2) is 30.6 Å². The van der Waals surface area contributed by atoms with Gasteiger partial charge in [-0.05, 0) is 19.1 Å². The first-order chi connectivity index (χ1) is 8.35. The van der Waals surface area contributed by atoms with E-state index in [1.165, 1.54) is 0 Å². The van der Waals surface area contributed by atoms with E-state index in [1.807, 2.05) is 25.1 Å². The van der Waals surface area contributed by atoms with E-state index in [1.54, 1.807) is 19.5 Å². The smallest absolute Gasteiger partial charge is 0.241 e. The summed E-state index contributed by atoms with van der Waals surface area (Å²) in [7, 11) is 1.57. The summed E-state index contributed by atoms with van der Waals surface area (Å²) in [6, 6.07) is 5.72. The third kappa shape index (κ3) is 2.50. The summed E-state index contributed by atoms with van der Waals surface area (Å²) in [5.41, 5.74) is 1.39. The fraction of sp³-hybridized carbons (Fsp3) is 0.250. The Morgan fingerprint density at radius 2 is 2.06 bits per heavy atom. The molecule has 0 aliphatic heterocycles. The molecule has 5 heteroatoms. The molecule has 0 aliphatic carbocycles. The van der Waals surface area contributed by atoms with Crippen molar-refractivity contribution < 1.29 is 4.74 Å². The van der Waals surface area contributed by atoms with Gasteiger partial charge in [0.25, 0.3) is 0 Å². The molecule has 0 aromatic carbocycles. The van der Waals surface area contributed by atoms with Crippen molar-refractivity contribution in [1.82, 2.24) is 15.0 Å². The molecule has 2 aromatic heterocycles. The van der Waals surface area contributed by atoms with Crippen LogP contribution in [0.4, 0.5) is 5.82 Å². The summed E-state index contributed by atoms with van der Waals surface area (Å²) < 4.78 is 5.17. The normalized spacial score (nSPS) is 10.0. The number of ether oxygens (including phenoxy) is 1. The van der Waals surface area contributed by atoms with Crippen molar-refractivity contribution in [3.8, 4) is 17.3 Å². The first-order valence-corrected chi connectivity index (χ1v) is 5.41. The molecule has 2 aromatic rings. The molecule has 0 saturated heterocycles. The van der Waals surface area contributed by atoms with Crippen LogP contribution in [-0.2, 0) is 0 Å². The van der Waals surface area contributed by atoms with E-state index in [9.17, 15) is 0 Å². The van der Waals surface area contributed by atoms with Gasteiger partial charge in [-0.15, -0.1) is 0 Å². The van der Waals surface area contributed by atoms with Crippen molar-refractivity contribution in [3.05, 3.63) is 30.6 Å². The molecular formula is C12H14N4O. The molecule has 88 valence electrons. The first-order valence-electron chi connectivity index (χ1n) is 5.41. The van der Waals surface area contributed by atoms with Crippen LogP contribution < -0.4 is 10.1 Å². The van der Waals surface area contributed by atoms with E-state index in [0.717, 1.165) is 18.1 Å². The molecule has 0 fully saturated rings. The topological polar surface area (TPSA) is 59.9 Å². The van der Waals surface area contributed by atoms with Crippen LogP contribution in [0.1, 0.15) is 6.92 Å². The van der Waals surface area contributed by atoms with E-state index in [0.29, 0.717) is 11.6 Å². The maximum Gasteiger partial charge on any atom is 0.241 e. The van der Waals surface area contributed by atoms with Crippen LogP contribution >= 0.6 is 0 Å². The molecule has 0 bridgehead atoms. The highest BCUT2D eigenvalue weighted by molar-refractivity contribution is 5.61. The van der Waals surface area contributed by atoms with Crippen LogP contribution in [0.3, 0.4) is 0 Å². The average Bonchev–Trinajstić information content (AvgIpc) is 2.39. The summed E-state index contributed by atoms with van der Waals surface area (Å²) >= 11 is 0. The zero-order valence-electron chi connectivity index (χ0n) is 9.84. The fourth-order valence-corrected chi connectivity index (χ4v) is 1.50. The monoisotopic (exact) mass is 230 g/mol. The Kier molecular flexibility index (Phi) is 3.49. The highest BCUT2D eigenvalue weighted by Gasteiger charge is 2.09. The SMILES string of the molecule is CCNc1cccc(-c2nccnc2OC)n1. The largest absolute Gasteiger partial charge is 0.479 e. The van der Waals surface area contributed by atoms with Gasteiger partial charge in [0.1, 0.15) is 5.82 Å². The van der Waals surface area contributed by atoms with E-state index in [-0.39, 0.29) is 0 Å². The predicted octanol–water partition coefficient (Wildman–Crippen LogP) is 1.98. The van der Waals surface area contributed by atoms with Gasteiger partial charge < -0.3 is 10.1 Å². The number of nitrogens with zero attached hydrogens (tertiary/aromatic N) is 3. The number of hydrogen-bond donors (Lipinski definition) is 1. The van der Waals surface area contributed by atoms with Crippen LogP contribution in [0.2, 0.25) is 0 Å². The highest BCUT2D eigenvalue weighted by atomic mass is 16.5. The zero-order chi connectivity index (χ0) is 12.1. The van der Waals surface area contributed by atoms with Gasteiger partial charge in [-0.25, -0.2) is 15.0 Å². The fourth-order valence-electron chi connectivity index (χ4n) is 1.50. The summed E-state index contributed by atoms with van der Waals surface area (Å²) in [6.07, 6.45) is 3.22. The van der Waals surface area contributed by atoms with E-state index in [2.05, 4.69) is 20.3 Å². The number of nitrogens with one attached hydrogen (secondary N) is 1. The summed E-state index contributed by atoms with van der Waals surface area (Å²) in [4.78, 5) is 12.8. The molecule has 0 spiro atoms. The third-order valence-corrected chi connectivity index (χ3v) is 2.21. The third-order valence-electron chi connectivity index (χ3n) is 2.21. The molecule has 0 unspecified atom stereocenters. The molecule has 2 rings (SSSR count). The number of methoxy groups -OCH3 is 1. The highest BCUT2D eigenvalue weighted by Crippen LogP contribution is 2.23. The van der Waals surface area contributed by atoms with E-state index >= 15 is 0 Å². The number of pyridine rings is 1. The van der Waals surface area contributed by atoms with Gasteiger partial charge in [-0.2, -0.15) is 0 Å². The minimum absolute atomic E-state index is 0.480. The van der Waals surface area contributed by atoms with Crippen LogP contribution in [0.25, 0.3) is 11.4 Å². The maximum absolute atomic E-state index is 5.17. The van der Waals surface area contributed by atoms with Crippen molar-refractivity contribution in [2.45, 2.75) is 6.92 Å². The van der Waals surface area contributed by atoms with Crippen molar-refractivity contribution in [2.24, 2.45) is 0 Å². The maximum atomic E-state index is 5.17. The second-order valence-corrected chi connectivity index (χ2v) is 3.35. The second-order valence-electron chi connectivity index (χ2n) is 3.35. The molecule has 0 aliphatic rings. The lowest BCUT2D eigenvalue weighted by Gasteiger charge is -2.07. The van der Waals surface area contributed by atoms with Crippen molar-refractivity contribution in [1.29, 1.82) is 0 Å². The first kappa shape index (κ1) is 11.3. The molecule has 17 heavy (non-hydrogen) atoms. The Morgan fingerprint density at radius 3 is 2.82 bits per heavy atom. The molecule has 5 nitrogen and oxygen atoms in total. The van der Waals surface area contributed by atoms with Crippen LogP contribution in [-0.4, -0.2) is 28.6 Å². The predicted molar refractivity (Wildman–Crippen MR) is 66.0 cm³/mol. The van der Waals surface area contributed by atoms with E-state index in [4.69, 9.17) is 4.74 Å². The zero-order valence-corrected chi connectivity index (χ0v) is 9.84. The Hall–Kier alpha value is -2.17. The molecule has 0 amide bonds. The van der Waals surface area contributed by atoms with Crippen molar-refractivity contribution in [2.75, 3.05) is 19.0 Å². The van der Waals surface area contributed by atoms with Gasteiger partial charge in [-0.1, -0.05) is 6.07 Å². The molecule has 0 radical (unpaired) electrons. The van der Waals surface area contributed by atoms with Gasteiger partial charge in [-0.3, -0.25) is 0 Å². The average molecular weight is 230 g/mol. The minimum atomic E-state index is 0.480. The van der Waals surface area contributed by atoms with Crippen molar-refractivity contribution >= 4 is 5.82 Å². The molecule has 0 atom stereocenters. The summed E-state index contributed by atoms with van der Waals surface area (Å²) in [5.74, 6) is 1.30. The molecule has 0 saturated carbocycles. The second kappa shape index (κ2) is 5.25. The standard InChI is InChI=1S/C12H14N4O/c1-3-13-10-6-4-5-9(16-10)11-12(17-2)15-8-7-14-11/h4-8H,3H2,1-2H3,(H,13,16). The summed E-state index contributed by atoms with van der Waals surface area (Å²) in [5, 5.41) is 3.16. The van der Waals surface area contributed by atoms with E-state index < -0.39 is 0 Å². The number of rotatable bonds is 4. The summed E-state index contributed by atoms with van der Waals surface area (Å²) in [6.45, 7) is 2.85. The van der Waals surface area contributed by atoms with Gasteiger partial charge >= 0.3 is 0 Å². The lowest BCUT2D eigenvalue weighted by Crippen LogP contribution is -2.01. The quantitative estimate of drug-likeness (QED) is 0.870. The molecule has 2 heterocycles.